The van der Waals surface area contributed by atoms with Gasteiger partial charge in [-0.25, -0.2) is 9.13 Å². The maximum Gasteiger partial charge on any atom is 1.00 e. The predicted octanol–water partition coefficient (Wildman–Crippen LogP) is -6.58. The second kappa shape index (κ2) is 11.1. The maximum absolute atomic E-state index is 9.63. The van der Waals surface area contributed by atoms with Crippen molar-refractivity contribution >= 4 is 15.6 Å². The first-order chi connectivity index (χ1) is 3.71. The molecule has 0 rings (SSSR count). The van der Waals surface area contributed by atoms with E-state index in [1.54, 1.807) is 0 Å². The summed E-state index contributed by atoms with van der Waals surface area (Å²) >= 11 is 0. The van der Waals surface area contributed by atoms with Crippen LogP contribution in [0.3, 0.4) is 0 Å². The molecule has 0 amide bonds. The molecule has 0 saturated carbocycles. The molecule has 0 atom stereocenters. The zero-order chi connectivity index (χ0) is 7.71. The second-order valence-electron chi connectivity index (χ2n) is 1.06. The van der Waals surface area contributed by atoms with E-state index in [9.17, 15) is 9.13 Å². The molecular weight excluding hydrogens is 295 g/mol. The molecule has 0 aliphatic rings. The summed E-state index contributed by atoms with van der Waals surface area (Å²) in [7, 11) is -10.1. The molecule has 4 N–H and O–H groups in total. The van der Waals surface area contributed by atoms with Gasteiger partial charge in [-0.2, -0.15) is 4.31 Å². The Morgan fingerprint density at radius 2 is 1.08 bits per heavy atom. The van der Waals surface area contributed by atoms with Gasteiger partial charge in [-0.1, -0.05) is 0 Å². The zero-order valence-electron chi connectivity index (χ0n) is 8.71. The fraction of sp³-hybridized carbons (Fsp3) is 0. The van der Waals surface area contributed by atoms with Crippen LogP contribution in [0.4, 0.5) is 0 Å². The summed E-state index contributed by atoms with van der Waals surface area (Å²) in [4.78, 5) is 31.0. The maximum atomic E-state index is 9.63. The molecule has 0 bridgehead atoms. The van der Waals surface area contributed by atoms with Crippen molar-refractivity contribution in [1.82, 2.24) is 0 Å². The van der Waals surface area contributed by atoms with Gasteiger partial charge in [-0.05, 0) is 0 Å². The third-order valence-electron chi connectivity index (χ3n) is 0.213. The van der Waals surface area contributed by atoms with Gasteiger partial charge in [-0.3, -0.25) is 0 Å². The van der Waals surface area contributed by atoms with Gasteiger partial charge >= 0.3 is 53.4 Å². The Hall–Kier alpha value is 2.56. The normalized spacial score (nSPS) is 9.54. The van der Waals surface area contributed by atoms with Crippen LogP contribution in [0, 0.1) is 0 Å². The van der Waals surface area contributed by atoms with E-state index in [0.717, 1.165) is 0 Å². The first-order valence-corrected chi connectivity index (χ1v) is 4.59. The molecular formula is H6FeLi2O7P2V. The quantitative estimate of drug-likeness (QED) is 0.295. The zero-order valence-corrected chi connectivity index (χ0v) is 11.0. The molecule has 7 nitrogen and oxygen atoms in total. The van der Waals surface area contributed by atoms with E-state index in [1.807, 2.05) is 0 Å². The van der Waals surface area contributed by atoms with E-state index in [2.05, 4.69) is 4.31 Å². The topological polar surface area (TPSA) is 124 Å². The van der Waals surface area contributed by atoms with Gasteiger partial charge in [0, 0.05) is 35.6 Å². The number of hydrogen-bond acceptors (Lipinski definition) is 3. The smallest absolute Gasteiger partial charge is 1.00 e. The Morgan fingerprint density at radius 1 is 0.923 bits per heavy atom. The summed E-state index contributed by atoms with van der Waals surface area (Å²) in [5, 5.41) is 0. The van der Waals surface area contributed by atoms with Gasteiger partial charge < -0.3 is 22.4 Å². The van der Waals surface area contributed by atoms with Crippen LogP contribution in [0.1, 0.15) is 2.85 Å². The van der Waals surface area contributed by atoms with Gasteiger partial charge in [0.15, 0.2) is 0 Å². The van der Waals surface area contributed by atoms with Crippen molar-refractivity contribution in [1.29, 1.82) is 0 Å². The standard InChI is InChI=1S/Fe.2Li.H4O7P2.V.2H/c;;;1-8(2,3)7-9(4,5)6;;;/h;;;(H2,1,2,3)(H2,4,5,6);;;/q;2*+1;;;2*-1. The summed E-state index contributed by atoms with van der Waals surface area (Å²) in [5.74, 6) is 0. The minimum Gasteiger partial charge on any atom is -1.00 e. The molecule has 1 radical (unpaired) electrons. The van der Waals surface area contributed by atoms with Crippen LogP contribution in [-0.4, -0.2) is 19.6 Å². The van der Waals surface area contributed by atoms with Crippen molar-refractivity contribution in [2.75, 3.05) is 0 Å². The second-order valence-corrected chi connectivity index (χ2v) is 3.68. The van der Waals surface area contributed by atoms with Crippen molar-refractivity contribution in [3.05, 3.63) is 0 Å². The average molecular weight is 301 g/mol. The molecule has 13 heteroatoms. The first-order valence-electron chi connectivity index (χ1n) is 1.53. The molecule has 0 aliphatic carbocycles. The molecule has 0 aliphatic heterocycles. The minimum absolute atomic E-state index is 0. The summed E-state index contributed by atoms with van der Waals surface area (Å²) in [6.45, 7) is 0. The van der Waals surface area contributed by atoms with E-state index >= 15 is 0 Å². The summed E-state index contributed by atoms with van der Waals surface area (Å²) in [6.07, 6.45) is 0. The van der Waals surface area contributed by atoms with Gasteiger partial charge in [0.25, 0.3) is 0 Å². The molecule has 0 saturated heterocycles. The van der Waals surface area contributed by atoms with Gasteiger partial charge in [0.05, 0.1) is 0 Å². The summed E-state index contributed by atoms with van der Waals surface area (Å²) < 4.78 is 22.2. The minimum atomic E-state index is -5.05. The first kappa shape index (κ1) is 29.6. The van der Waals surface area contributed by atoms with Gasteiger partial charge in [-0.15, -0.1) is 0 Å². The van der Waals surface area contributed by atoms with Crippen molar-refractivity contribution in [2.45, 2.75) is 0 Å². The number of hydrogen-bond donors (Lipinski definition) is 4. The summed E-state index contributed by atoms with van der Waals surface area (Å²) in [5.41, 5.74) is 0. The third kappa shape index (κ3) is 31.3. The van der Waals surface area contributed by atoms with Crippen molar-refractivity contribution < 1.29 is 109 Å². The van der Waals surface area contributed by atoms with E-state index in [1.165, 1.54) is 0 Å². The molecule has 0 fully saturated rings. The van der Waals surface area contributed by atoms with Crippen molar-refractivity contribution in [3.8, 4) is 0 Å². The van der Waals surface area contributed by atoms with Crippen molar-refractivity contribution in [2.24, 2.45) is 0 Å². The van der Waals surface area contributed by atoms with E-state index in [4.69, 9.17) is 19.6 Å². The third-order valence-corrected chi connectivity index (χ3v) is 1.91. The molecule has 0 spiro atoms. The number of rotatable bonds is 2. The van der Waals surface area contributed by atoms with Crippen molar-refractivity contribution in [3.63, 3.8) is 0 Å². The molecule has 0 unspecified atom stereocenters. The SMILES string of the molecule is O=P(O)(O)OP(=O)(O)O.[Fe].[H-].[H-].[Li+].[Li+].[V]. The Morgan fingerprint density at radius 3 is 1.08 bits per heavy atom. The fourth-order valence-electron chi connectivity index (χ4n) is 0.139. The monoisotopic (exact) mass is 301 g/mol. The van der Waals surface area contributed by atoms with Gasteiger partial charge in [0.1, 0.15) is 0 Å². The largest absolute Gasteiger partial charge is 1.00 e. The van der Waals surface area contributed by atoms with Crippen LogP contribution in [0.15, 0.2) is 0 Å². The molecule has 0 heterocycles. The Labute approximate surface area is 124 Å². The van der Waals surface area contributed by atoms with Crippen LogP contribution >= 0.6 is 15.6 Å². The molecule has 0 aromatic carbocycles. The Kier molecular flexibility index (Phi) is 25.2. The Bertz CT molecular complexity index is 173. The van der Waals surface area contributed by atoms with Crippen LogP contribution in [0.5, 0.6) is 0 Å². The Balaban J connectivity index is -0.0000000213. The van der Waals surface area contributed by atoms with Crippen LogP contribution in [0.25, 0.3) is 0 Å². The van der Waals surface area contributed by atoms with Crippen LogP contribution in [0.2, 0.25) is 0 Å². The molecule has 13 heavy (non-hydrogen) atoms. The molecule has 0 aromatic rings. The van der Waals surface area contributed by atoms with Crippen LogP contribution in [-0.2, 0) is 49.1 Å². The van der Waals surface area contributed by atoms with E-state index in [0.29, 0.717) is 0 Å². The fourth-order valence-corrected chi connectivity index (χ4v) is 1.25. The van der Waals surface area contributed by atoms with E-state index in [-0.39, 0.29) is 76.2 Å². The van der Waals surface area contributed by atoms with Gasteiger partial charge in [0.2, 0.25) is 0 Å². The molecule has 0 aromatic heterocycles. The molecule has 73 valence electrons. The summed E-state index contributed by atoms with van der Waals surface area (Å²) in [6, 6.07) is 0. The predicted molar refractivity (Wildman–Crippen MR) is 27.4 cm³/mol. The number of phosphoric acid groups is 2. The van der Waals surface area contributed by atoms with E-state index < -0.39 is 15.6 Å². The van der Waals surface area contributed by atoms with Crippen LogP contribution < -0.4 is 37.7 Å². The average Bonchev–Trinajstić information content (AvgIpc) is 1.14.